The number of carbonyl (C=O) groups excluding carboxylic acids is 1. The predicted octanol–water partition coefficient (Wildman–Crippen LogP) is 5.79. The normalized spacial score (nSPS) is 10.3. The van der Waals surface area contributed by atoms with E-state index >= 15 is 0 Å². The molecule has 2 aromatic carbocycles. The summed E-state index contributed by atoms with van der Waals surface area (Å²) in [7, 11) is 0. The van der Waals surface area contributed by atoms with Crippen LogP contribution in [0.2, 0.25) is 0 Å². The second kappa shape index (κ2) is 7.76. The van der Waals surface area contributed by atoms with Crippen LogP contribution in [0.1, 0.15) is 0 Å². The Kier molecular flexibility index (Phi) is 6.28. The van der Waals surface area contributed by atoms with E-state index in [0.29, 0.717) is 0 Å². The predicted molar refractivity (Wildman–Crippen MR) is 101 cm³/mol. The van der Waals surface area contributed by atoms with Crippen molar-refractivity contribution in [3.63, 3.8) is 0 Å². The Morgan fingerprint density at radius 1 is 0.952 bits per heavy atom. The topological polar surface area (TPSA) is 41.1 Å². The molecule has 0 aliphatic carbocycles. The second-order valence-corrected chi connectivity index (χ2v) is 7.70. The lowest BCUT2D eigenvalue weighted by Gasteiger charge is -2.12. The van der Waals surface area contributed by atoms with Crippen LogP contribution in [0, 0.1) is 0 Å². The third-order valence-electron chi connectivity index (χ3n) is 2.54. The van der Waals surface area contributed by atoms with Gasteiger partial charge in [-0.05, 0) is 62.2 Å². The number of hydrogen-bond donors (Lipinski definition) is 2. The number of rotatable bonds is 4. The summed E-state index contributed by atoms with van der Waals surface area (Å²) in [4.78, 5) is 12.0. The van der Waals surface area contributed by atoms with Gasteiger partial charge in [0.1, 0.15) is 0 Å². The molecule has 2 rings (SSSR count). The van der Waals surface area contributed by atoms with Gasteiger partial charge < -0.3 is 10.6 Å². The smallest absolute Gasteiger partial charge is 0.243 e. The van der Waals surface area contributed by atoms with E-state index in [2.05, 4.69) is 74.4 Å². The fourth-order valence-electron chi connectivity index (χ4n) is 1.65. The van der Waals surface area contributed by atoms with E-state index in [9.17, 15) is 4.79 Å². The molecule has 0 heterocycles. The number of amides is 1. The van der Waals surface area contributed by atoms with Gasteiger partial charge in [-0.2, -0.15) is 0 Å². The molecule has 0 aliphatic heterocycles. The molecule has 0 saturated carbocycles. The van der Waals surface area contributed by atoms with E-state index in [1.165, 1.54) is 0 Å². The van der Waals surface area contributed by atoms with E-state index in [4.69, 9.17) is 0 Å². The van der Waals surface area contributed by atoms with Gasteiger partial charge >= 0.3 is 0 Å². The van der Waals surface area contributed by atoms with Crippen molar-refractivity contribution in [3.8, 4) is 0 Å². The van der Waals surface area contributed by atoms with E-state index in [1.807, 2.05) is 36.4 Å². The van der Waals surface area contributed by atoms with Crippen molar-refractivity contribution in [2.24, 2.45) is 0 Å². The Bertz CT molecular complexity index is 653. The van der Waals surface area contributed by atoms with Crippen LogP contribution in [-0.2, 0) is 4.79 Å². The van der Waals surface area contributed by atoms with Gasteiger partial charge in [0.05, 0.1) is 12.2 Å². The maximum atomic E-state index is 12.0. The zero-order valence-electron chi connectivity index (χ0n) is 10.6. The van der Waals surface area contributed by atoms with Gasteiger partial charge in [0.25, 0.3) is 0 Å². The summed E-state index contributed by atoms with van der Waals surface area (Å²) in [6.07, 6.45) is 0. The summed E-state index contributed by atoms with van der Waals surface area (Å²) < 4.78 is 3.62. The van der Waals surface area contributed by atoms with Crippen molar-refractivity contribution in [2.45, 2.75) is 0 Å². The number of carbonyl (C=O) groups is 1. The molecule has 0 aromatic heterocycles. The molecule has 0 atom stereocenters. The summed E-state index contributed by atoms with van der Waals surface area (Å²) in [6.45, 7) is 0.172. The first kappa shape index (κ1) is 17.0. The van der Waals surface area contributed by atoms with E-state index in [1.54, 1.807) is 0 Å². The molecule has 0 radical (unpaired) electrons. The van der Waals surface area contributed by atoms with Crippen LogP contribution < -0.4 is 10.6 Å². The first-order valence-electron chi connectivity index (χ1n) is 5.89. The van der Waals surface area contributed by atoms with Gasteiger partial charge in [-0.15, -0.1) is 0 Å². The molecule has 7 heteroatoms. The monoisotopic (exact) mass is 538 g/mol. The van der Waals surface area contributed by atoms with Gasteiger partial charge in [0.2, 0.25) is 5.91 Å². The molecule has 2 aromatic rings. The number of halogens is 4. The largest absolute Gasteiger partial charge is 0.374 e. The molecule has 21 heavy (non-hydrogen) atoms. The Labute approximate surface area is 156 Å². The highest BCUT2D eigenvalue weighted by atomic mass is 79.9. The summed E-state index contributed by atoms with van der Waals surface area (Å²) in [5, 5.41) is 5.94. The Hall–Kier alpha value is -0.370. The van der Waals surface area contributed by atoms with Crippen LogP contribution in [0.15, 0.2) is 54.3 Å². The fraction of sp³-hybridized carbons (Fsp3) is 0.0714. The minimum Gasteiger partial charge on any atom is -0.374 e. The molecule has 0 bridgehead atoms. The van der Waals surface area contributed by atoms with Crippen LogP contribution >= 0.6 is 63.7 Å². The van der Waals surface area contributed by atoms with Crippen molar-refractivity contribution < 1.29 is 4.79 Å². The zero-order valence-corrected chi connectivity index (χ0v) is 16.9. The molecule has 0 fully saturated rings. The van der Waals surface area contributed by atoms with Gasteiger partial charge in [-0.1, -0.05) is 37.9 Å². The average molecular weight is 542 g/mol. The second-order valence-electron chi connectivity index (χ2n) is 4.16. The van der Waals surface area contributed by atoms with Crippen molar-refractivity contribution >= 4 is 81.0 Å². The third-order valence-corrected chi connectivity index (χ3v) is 4.74. The molecule has 0 aliphatic rings. The Morgan fingerprint density at radius 2 is 1.62 bits per heavy atom. The highest BCUT2D eigenvalue weighted by Crippen LogP contribution is 2.34. The van der Waals surface area contributed by atoms with Gasteiger partial charge in [-0.3, -0.25) is 4.79 Å². The molecular weight excluding hydrogens is 532 g/mol. The Morgan fingerprint density at radius 3 is 2.24 bits per heavy atom. The first-order valence-corrected chi connectivity index (χ1v) is 9.07. The molecular formula is C14H10Br4N2O. The number of nitrogens with one attached hydrogen (secondary N) is 2. The molecule has 1 amide bonds. The number of hydrogen-bond acceptors (Lipinski definition) is 2. The molecule has 0 saturated heterocycles. The minimum absolute atomic E-state index is 0.116. The molecule has 110 valence electrons. The van der Waals surface area contributed by atoms with Crippen molar-refractivity contribution in [1.29, 1.82) is 0 Å². The zero-order chi connectivity index (χ0) is 15.4. The van der Waals surface area contributed by atoms with Gasteiger partial charge in [-0.25, -0.2) is 0 Å². The maximum absolute atomic E-state index is 12.0. The van der Waals surface area contributed by atoms with E-state index in [0.717, 1.165) is 29.3 Å². The first-order chi connectivity index (χ1) is 9.95. The summed E-state index contributed by atoms with van der Waals surface area (Å²) >= 11 is 13.7. The summed E-state index contributed by atoms with van der Waals surface area (Å²) in [5.74, 6) is -0.116. The van der Waals surface area contributed by atoms with E-state index in [-0.39, 0.29) is 12.5 Å². The molecule has 0 unspecified atom stereocenters. The Balaban J connectivity index is 1.99. The highest BCUT2D eigenvalue weighted by molar-refractivity contribution is 9.11. The van der Waals surface area contributed by atoms with Crippen LogP contribution in [0.4, 0.5) is 11.4 Å². The lowest BCUT2D eigenvalue weighted by atomic mass is 10.3. The number of anilines is 2. The third kappa shape index (κ3) is 5.09. The van der Waals surface area contributed by atoms with E-state index < -0.39 is 0 Å². The highest BCUT2D eigenvalue weighted by Gasteiger charge is 2.09. The van der Waals surface area contributed by atoms with Crippen LogP contribution in [0.3, 0.4) is 0 Å². The van der Waals surface area contributed by atoms with Crippen LogP contribution in [-0.4, -0.2) is 12.5 Å². The summed E-state index contributed by atoms with van der Waals surface area (Å²) in [5.41, 5.74) is 1.59. The quantitative estimate of drug-likeness (QED) is 0.515. The van der Waals surface area contributed by atoms with Crippen molar-refractivity contribution in [2.75, 3.05) is 17.2 Å². The molecule has 2 N–H and O–H groups in total. The number of benzene rings is 2. The molecule has 0 spiro atoms. The lowest BCUT2D eigenvalue weighted by Crippen LogP contribution is -2.22. The van der Waals surface area contributed by atoms with Crippen molar-refractivity contribution in [3.05, 3.63) is 54.3 Å². The summed E-state index contributed by atoms with van der Waals surface area (Å²) in [6, 6.07) is 11.3. The lowest BCUT2D eigenvalue weighted by molar-refractivity contribution is -0.114. The maximum Gasteiger partial charge on any atom is 0.243 e. The minimum atomic E-state index is -0.116. The molecule has 3 nitrogen and oxygen atoms in total. The van der Waals surface area contributed by atoms with Crippen LogP contribution in [0.5, 0.6) is 0 Å². The van der Waals surface area contributed by atoms with Crippen LogP contribution in [0.25, 0.3) is 0 Å². The van der Waals surface area contributed by atoms with Gasteiger partial charge in [0, 0.05) is 23.6 Å². The van der Waals surface area contributed by atoms with Gasteiger partial charge in [0.15, 0.2) is 0 Å². The fourth-order valence-corrected chi connectivity index (χ4v) is 4.59. The average Bonchev–Trinajstić information content (AvgIpc) is 2.37. The van der Waals surface area contributed by atoms with Crippen molar-refractivity contribution in [1.82, 2.24) is 0 Å². The standard InChI is InChI=1S/C14H10Br4N2O/c15-8-2-1-3-10(4-8)20-13(21)7-19-14-11(17)5-9(16)6-12(14)18/h1-6,19H,7H2,(H,20,21). The SMILES string of the molecule is O=C(CNc1c(Br)cc(Br)cc1Br)Nc1cccc(Br)c1.